The Balaban J connectivity index is 1.63. The molecule has 5 aromatic rings. The van der Waals surface area contributed by atoms with Crippen molar-refractivity contribution in [3.05, 3.63) is 77.0 Å². The third-order valence-electron chi connectivity index (χ3n) is 4.64. The summed E-state index contributed by atoms with van der Waals surface area (Å²) in [5.74, 6) is 0.673. The van der Waals surface area contributed by atoms with Crippen LogP contribution in [0.3, 0.4) is 0 Å². The molecule has 142 valence electrons. The van der Waals surface area contributed by atoms with Crippen molar-refractivity contribution in [1.82, 2.24) is 35.3 Å². The number of allylic oxidation sites excluding steroid dienone is 2. The summed E-state index contributed by atoms with van der Waals surface area (Å²) in [4.78, 5) is 14.2. The van der Waals surface area contributed by atoms with E-state index in [1.165, 1.54) is 0 Å². The van der Waals surface area contributed by atoms with Crippen molar-refractivity contribution < 1.29 is 0 Å². The van der Waals surface area contributed by atoms with E-state index in [9.17, 15) is 0 Å². The molecule has 3 N–H and O–H groups in total. The lowest BCUT2D eigenvalue weighted by atomic mass is 10.1. The number of aryl methyl sites for hydroxylation is 1. The van der Waals surface area contributed by atoms with Gasteiger partial charge in [0.2, 0.25) is 0 Å². The molecule has 0 fully saturated rings. The van der Waals surface area contributed by atoms with Crippen LogP contribution in [0.5, 0.6) is 0 Å². The van der Waals surface area contributed by atoms with Gasteiger partial charge in [-0.15, -0.1) is 11.3 Å². The minimum Gasteiger partial charge on any atom is -0.340 e. The van der Waals surface area contributed by atoms with E-state index in [-0.39, 0.29) is 0 Å². The quantitative estimate of drug-likeness (QED) is 0.372. The Labute approximate surface area is 170 Å². The van der Waals surface area contributed by atoms with Crippen molar-refractivity contribution in [3.8, 4) is 22.8 Å². The summed E-state index contributed by atoms with van der Waals surface area (Å²) in [5, 5.41) is 16.4. The van der Waals surface area contributed by atoms with Crippen molar-refractivity contribution in [1.29, 1.82) is 0 Å². The number of imidazole rings is 1. The van der Waals surface area contributed by atoms with Crippen LogP contribution in [0.1, 0.15) is 16.3 Å². The first kappa shape index (κ1) is 17.3. The third kappa shape index (κ3) is 2.99. The van der Waals surface area contributed by atoms with E-state index in [2.05, 4.69) is 43.4 Å². The highest BCUT2D eigenvalue weighted by atomic mass is 32.1. The monoisotopic (exact) mass is 399 g/mol. The number of fused-ring (bicyclic) bond motifs is 1. The molecule has 0 aromatic carbocycles. The van der Waals surface area contributed by atoms with Crippen LogP contribution in [0.2, 0.25) is 0 Å². The molecule has 5 rings (SSSR count). The zero-order valence-electron chi connectivity index (χ0n) is 15.6. The van der Waals surface area contributed by atoms with E-state index in [0.717, 1.165) is 44.1 Å². The number of thiophene rings is 1. The second-order valence-electron chi connectivity index (χ2n) is 6.50. The summed E-state index contributed by atoms with van der Waals surface area (Å²) in [7, 11) is 0. The second kappa shape index (κ2) is 6.99. The van der Waals surface area contributed by atoms with Gasteiger partial charge in [-0.2, -0.15) is 10.2 Å². The highest BCUT2D eigenvalue weighted by Gasteiger charge is 2.19. The maximum atomic E-state index is 4.86. The van der Waals surface area contributed by atoms with Crippen LogP contribution in [0.25, 0.3) is 39.4 Å². The smallest absolute Gasteiger partial charge is 0.161 e. The van der Waals surface area contributed by atoms with Gasteiger partial charge in [0.05, 0.1) is 23.1 Å². The van der Waals surface area contributed by atoms with Crippen molar-refractivity contribution in [2.45, 2.75) is 6.92 Å². The number of rotatable bonds is 5. The molecule has 8 heteroatoms. The van der Waals surface area contributed by atoms with Crippen LogP contribution in [0, 0.1) is 6.92 Å². The lowest BCUT2D eigenvalue weighted by Crippen LogP contribution is -1.89. The molecular formula is C21H17N7S. The normalized spacial score (nSPS) is 12.0. The molecule has 7 nitrogen and oxygen atoms in total. The van der Waals surface area contributed by atoms with Gasteiger partial charge in [-0.05, 0) is 30.5 Å². The molecule has 0 amide bonds. The summed E-state index contributed by atoms with van der Waals surface area (Å²) in [6.07, 6.45) is 7.33. The molecule has 0 spiro atoms. The zero-order chi connectivity index (χ0) is 19.8. The van der Waals surface area contributed by atoms with Crippen LogP contribution in [-0.4, -0.2) is 35.3 Å². The van der Waals surface area contributed by atoms with Gasteiger partial charge < -0.3 is 4.98 Å². The van der Waals surface area contributed by atoms with Crippen LogP contribution in [-0.2, 0) is 0 Å². The fraction of sp³-hybridized carbons (Fsp3) is 0.0476. The van der Waals surface area contributed by atoms with E-state index >= 15 is 0 Å². The van der Waals surface area contributed by atoms with E-state index in [0.29, 0.717) is 11.5 Å². The molecule has 0 radical (unpaired) electrons. The van der Waals surface area contributed by atoms with Gasteiger partial charge in [0.25, 0.3) is 0 Å². The Morgan fingerprint density at radius 1 is 1.21 bits per heavy atom. The number of hydrogen-bond donors (Lipinski definition) is 3. The van der Waals surface area contributed by atoms with Crippen molar-refractivity contribution >= 4 is 27.9 Å². The predicted octanol–water partition coefficient (Wildman–Crippen LogP) is 4.73. The Hall–Kier alpha value is -3.78. The van der Waals surface area contributed by atoms with Crippen LogP contribution in [0.15, 0.2) is 60.8 Å². The lowest BCUT2D eigenvalue weighted by Gasteiger charge is -2.02. The SMILES string of the molecule is C=C/C=C(/c1cccs1)c1nc(-c2n[nH]c3ccc(-c4cn[nH]c4)nc23)[nH]c1C. The van der Waals surface area contributed by atoms with Crippen LogP contribution in [0.4, 0.5) is 0 Å². The fourth-order valence-corrected chi connectivity index (χ4v) is 4.03. The number of hydrogen-bond acceptors (Lipinski definition) is 5. The molecule has 0 aliphatic heterocycles. The first-order valence-electron chi connectivity index (χ1n) is 9.03. The molecule has 0 aliphatic rings. The molecule has 29 heavy (non-hydrogen) atoms. The average molecular weight is 399 g/mol. The summed E-state index contributed by atoms with van der Waals surface area (Å²) >= 11 is 1.67. The number of nitrogens with zero attached hydrogens (tertiary/aromatic N) is 4. The van der Waals surface area contributed by atoms with Crippen molar-refractivity contribution in [2.75, 3.05) is 0 Å². The zero-order valence-corrected chi connectivity index (χ0v) is 16.4. The maximum absolute atomic E-state index is 4.86. The first-order chi connectivity index (χ1) is 14.2. The summed E-state index contributed by atoms with van der Waals surface area (Å²) in [6.45, 7) is 5.86. The van der Waals surface area contributed by atoms with Gasteiger partial charge in [0.15, 0.2) is 11.5 Å². The molecule has 0 unspecified atom stereocenters. The minimum absolute atomic E-state index is 0.673. The molecule has 0 saturated carbocycles. The van der Waals surface area contributed by atoms with E-state index in [4.69, 9.17) is 9.97 Å². The molecule has 0 atom stereocenters. The van der Waals surface area contributed by atoms with E-state index in [1.807, 2.05) is 37.4 Å². The van der Waals surface area contributed by atoms with E-state index in [1.54, 1.807) is 23.6 Å². The largest absolute Gasteiger partial charge is 0.340 e. The van der Waals surface area contributed by atoms with Crippen LogP contribution < -0.4 is 0 Å². The second-order valence-corrected chi connectivity index (χ2v) is 7.45. The maximum Gasteiger partial charge on any atom is 0.161 e. The van der Waals surface area contributed by atoms with Gasteiger partial charge >= 0.3 is 0 Å². The topological polar surface area (TPSA) is 98.9 Å². The van der Waals surface area contributed by atoms with Gasteiger partial charge in [0.1, 0.15) is 5.52 Å². The lowest BCUT2D eigenvalue weighted by molar-refractivity contribution is 1.09. The molecule has 0 bridgehead atoms. The number of H-pyrrole nitrogens is 3. The van der Waals surface area contributed by atoms with Gasteiger partial charge in [-0.3, -0.25) is 10.2 Å². The Bertz CT molecular complexity index is 1320. The Morgan fingerprint density at radius 2 is 2.14 bits per heavy atom. The number of nitrogens with one attached hydrogen (secondary N) is 3. The minimum atomic E-state index is 0.673. The van der Waals surface area contributed by atoms with Crippen molar-refractivity contribution in [2.24, 2.45) is 0 Å². The van der Waals surface area contributed by atoms with E-state index < -0.39 is 0 Å². The highest BCUT2D eigenvalue weighted by Crippen LogP contribution is 2.32. The molecule has 5 aromatic heterocycles. The number of aromatic amines is 3. The molecule has 0 aliphatic carbocycles. The fourth-order valence-electron chi connectivity index (χ4n) is 3.28. The molecular weight excluding hydrogens is 382 g/mol. The predicted molar refractivity (Wildman–Crippen MR) is 115 cm³/mol. The Morgan fingerprint density at radius 3 is 2.90 bits per heavy atom. The highest BCUT2D eigenvalue weighted by molar-refractivity contribution is 7.11. The number of aromatic nitrogens is 7. The standard InChI is InChI=1S/C21H17N7S/c1-3-5-14(17-6-4-9-29-17)18-12(2)24-21(26-18)20-19-16(27-28-20)8-7-15(25-19)13-10-22-23-11-13/h3-11H,1H2,2H3,(H,22,23)(H,24,26)(H,27,28)/b14-5-. The summed E-state index contributed by atoms with van der Waals surface area (Å²) < 4.78 is 0. The third-order valence-corrected chi connectivity index (χ3v) is 5.54. The first-order valence-corrected chi connectivity index (χ1v) is 9.91. The summed E-state index contributed by atoms with van der Waals surface area (Å²) in [6, 6.07) is 8.01. The van der Waals surface area contributed by atoms with Crippen LogP contribution >= 0.6 is 11.3 Å². The number of pyridine rings is 1. The van der Waals surface area contributed by atoms with Gasteiger partial charge in [0, 0.05) is 27.9 Å². The summed E-state index contributed by atoms with van der Waals surface area (Å²) in [5.41, 5.74) is 6.91. The van der Waals surface area contributed by atoms with Gasteiger partial charge in [-0.1, -0.05) is 24.8 Å². The average Bonchev–Trinajstić information content (AvgIpc) is 3.52. The molecule has 5 heterocycles. The molecule has 0 saturated heterocycles. The van der Waals surface area contributed by atoms with Gasteiger partial charge in [-0.25, -0.2) is 9.97 Å². The Kier molecular flexibility index (Phi) is 4.18. The van der Waals surface area contributed by atoms with Crippen molar-refractivity contribution in [3.63, 3.8) is 0 Å².